The Balaban J connectivity index is 2.22. The van der Waals surface area contributed by atoms with Crippen LogP contribution in [0.1, 0.15) is 43.0 Å². The number of benzene rings is 1. The SMILES string of the molecule is C/C(N)=C(\C#N)C(=O)COC(=O)c1ccc(Cl)c(S(=O)(=O)N2CCCCCC2)c1. The van der Waals surface area contributed by atoms with Crippen molar-refractivity contribution in [1.29, 1.82) is 5.26 Å². The van der Waals surface area contributed by atoms with E-state index in [2.05, 4.69) is 0 Å². The van der Waals surface area contributed by atoms with E-state index in [1.165, 1.54) is 23.4 Å². The summed E-state index contributed by atoms with van der Waals surface area (Å²) in [6.45, 7) is 1.48. The Hall–Kier alpha value is -2.41. The zero-order chi connectivity index (χ0) is 21.6. The van der Waals surface area contributed by atoms with Crippen molar-refractivity contribution in [3.63, 3.8) is 0 Å². The minimum atomic E-state index is -3.87. The number of Topliss-reactive ketones (excluding diaryl/α,β-unsaturated/α-hetero) is 1. The maximum atomic E-state index is 13.0. The minimum Gasteiger partial charge on any atom is -0.454 e. The molecular weight excluding hydrogens is 418 g/mol. The third-order valence-electron chi connectivity index (χ3n) is 4.47. The number of sulfonamides is 1. The quantitative estimate of drug-likeness (QED) is 0.409. The van der Waals surface area contributed by atoms with Crippen molar-refractivity contribution in [2.75, 3.05) is 19.7 Å². The van der Waals surface area contributed by atoms with E-state index in [1.54, 1.807) is 6.07 Å². The Kier molecular flexibility index (Phi) is 7.79. The first-order valence-corrected chi connectivity index (χ1v) is 10.9. The highest BCUT2D eigenvalue weighted by molar-refractivity contribution is 7.89. The second kappa shape index (κ2) is 9.87. The topological polar surface area (TPSA) is 131 Å². The molecule has 1 aromatic rings. The number of allylic oxidation sites excluding steroid dienone is 1. The number of nitrogens with two attached hydrogens (primary N) is 1. The summed E-state index contributed by atoms with van der Waals surface area (Å²) in [6.07, 6.45) is 3.44. The third kappa shape index (κ3) is 5.56. The fourth-order valence-electron chi connectivity index (χ4n) is 2.91. The van der Waals surface area contributed by atoms with Crippen LogP contribution in [0, 0.1) is 11.3 Å². The second-order valence-corrected chi connectivity index (χ2v) is 8.95. The van der Waals surface area contributed by atoms with Crippen LogP contribution in [0.2, 0.25) is 5.02 Å². The van der Waals surface area contributed by atoms with Gasteiger partial charge in [0.25, 0.3) is 0 Å². The summed E-state index contributed by atoms with van der Waals surface area (Å²) in [7, 11) is -3.87. The summed E-state index contributed by atoms with van der Waals surface area (Å²) in [6, 6.07) is 5.41. The number of carbonyl (C=O) groups excluding carboxylic acids is 2. The van der Waals surface area contributed by atoms with Gasteiger partial charge in [-0.25, -0.2) is 13.2 Å². The Morgan fingerprint density at radius 3 is 2.41 bits per heavy atom. The average Bonchev–Trinajstić information content (AvgIpc) is 2.96. The summed E-state index contributed by atoms with van der Waals surface area (Å²) in [5.74, 6) is -1.65. The van der Waals surface area contributed by atoms with Gasteiger partial charge in [-0.1, -0.05) is 24.4 Å². The number of rotatable bonds is 6. The summed E-state index contributed by atoms with van der Waals surface area (Å²) >= 11 is 6.10. The van der Waals surface area contributed by atoms with Crippen LogP contribution in [-0.2, 0) is 19.6 Å². The van der Waals surface area contributed by atoms with E-state index in [-0.39, 0.29) is 26.8 Å². The van der Waals surface area contributed by atoms with Gasteiger partial charge in [-0.05, 0) is 38.0 Å². The van der Waals surface area contributed by atoms with E-state index in [9.17, 15) is 18.0 Å². The molecule has 1 aliphatic heterocycles. The Morgan fingerprint density at radius 2 is 1.86 bits per heavy atom. The fourth-order valence-corrected chi connectivity index (χ4v) is 4.92. The molecule has 0 spiro atoms. The van der Waals surface area contributed by atoms with Crippen LogP contribution < -0.4 is 5.73 Å². The van der Waals surface area contributed by atoms with Crippen LogP contribution in [-0.4, -0.2) is 44.2 Å². The molecule has 0 aromatic heterocycles. The van der Waals surface area contributed by atoms with Crippen LogP contribution in [0.25, 0.3) is 0 Å². The number of halogens is 1. The lowest BCUT2D eigenvalue weighted by Crippen LogP contribution is -2.32. The second-order valence-electron chi connectivity index (χ2n) is 6.63. The van der Waals surface area contributed by atoms with Gasteiger partial charge in [0.2, 0.25) is 15.8 Å². The summed E-state index contributed by atoms with van der Waals surface area (Å²) < 4.78 is 32.3. The number of hydrogen-bond acceptors (Lipinski definition) is 7. The maximum Gasteiger partial charge on any atom is 0.338 e. The predicted octanol–water partition coefficient (Wildman–Crippen LogP) is 2.39. The first-order chi connectivity index (χ1) is 13.7. The zero-order valence-corrected chi connectivity index (χ0v) is 17.6. The minimum absolute atomic E-state index is 0.00432. The lowest BCUT2D eigenvalue weighted by molar-refractivity contribution is -0.118. The van der Waals surface area contributed by atoms with E-state index in [4.69, 9.17) is 27.3 Å². The van der Waals surface area contributed by atoms with Gasteiger partial charge in [0.05, 0.1) is 10.6 Å². The van der Waals surface area contributed by atoms with Crippen LogP contribution >= 0.6 is 11.6 Å². The molecule has 0 radical (unpaired) electrons. The van der Waals surface area contributed by atoms with Crippen molar-refractivity contribution in [2.24, 2.45) is 5.73 Å². The van der Waals surface area contributed by atoms with Gasteiger partial charge in [-0.2, -0.15) is 9.57 Å². The summed E-state index contributed by atoms with van der Waals surface area (Å²) in [5, 5.41) is 8.91. The Labute approximate surface area is 174 Å². The number of ketones is 1. The number of carbonyl (C=O) groups is 2. The summed E-state index contributed by atoms with van der Waals surface area (Å²) in [4.78, 5) is 24.0. The van der Waals surface area contributed by atoms with Crippen molar-refractivity contribution in [3.05, 3.63) is 40.1 Å². The molecule has 0 unspecified atom stereocenters. The first-order valence-electron chi connectivity index (χ1n) is 9.05. The lowest BCUT2D eigenvalue weighted by atomic mass is 10.1. The molecule has 0 atom stereocenters. The highest BCUT2D eigenvalue weighted by Crippen LogP contribution is 2.28. The van der Waals surface area contributed by atoms with E-state index in [0.29, 0.717) is 13.1 Å². The molecule has 0 amide bonds. The monoisotopic (exact) mass is 439 g/mol. The van der Waals surface area contributed by atoms with Crippen molar-refractivity contribution in [2.45, 2.75) is 37.5 Å². The molecule has 2 N–H and O–H groups in total. The molecule has 1 heterocycles. The molecule has 0 saturated carbocycles. The number of nitrogens with zero attached hydrogens (tertiary/aromatic N) is 2. The smallest absolute Gasteiger partial charge is 0.338 e. The molecule has 29 heavy (non-hydrogen) atoms. The highest BCUT2D eigenvalue weighted by Gasteiger charge is 2.28. The number of nitriles is 1. The number of ether oxygens (including phenoxy) is 1. The molecule has 0 bridgehead atoms. The van der Waals surface area contributed by atoms with E-state index < -0.39 is 28.4 Å². The van der Waals surface area contributed by atoms with Gasteiger partial charge in [0.1, 0.15) is 16.5 Å². The van der Waals surface area contributed by atoms with Gasteiger partial charge < -0.3 is 10.5 Å². The van der Waals surface area contributed by atoms with Gasteiger partial charge in [0, 0.05) is 18.8 Å². The molecule has 8 nitrogen and oxygen atoms in total. The van der Waals surface area contributed by atoms with Crippen molar-refractivity contribution < 1.29 is 22.7 Å². The zero-order valence-electron chi connectivity index (χ0n) is 16.0. The van der Waals surface area contributed by atoms with Crippen LogP contribution in [0.15, 0.2) is 34.4 Å². The molecule has 156 valence electrons. The Bertz CT molecular complexity index is 970. The number of hydrogen-bond donors (Lipinski definition) is 1. The fraction of sp³-hybridized carbons (Fsp3) is 0.421. The number of esters is 1. The molecule has 2 rings (SSSR count). The van der Waals surface area contributed by atoms with Gasteiger partial charge in [-0.15, -0.1) is 0 Å². The average molecular weight is 440 g/mol. The molecule has 0 aliphatic carbocycles. The largest absolute Gasteiger partial charge is 0.454 e. The normalized spacial score (nSPS) is 16.3. The lowest BCUT2D eigenvalue weighted by Gasteiger charge is -2.21. The van der Waals surface area contributed by atoms with Crippen LogP contribution in [0.4, 0.5) is 0 Å². The van der Waals surface area contributed by atoms with Gasteiger partial charge in [0.15, 0.2) is 6.61 Å². The van der Waals surface area contributed by atoms with E-state index >= 15 is 0 Å². The highest BCUT2D eigenvalue weighted by atomic mass is 35.5. The molecule has 1 aromatic carbocycles. The van der Waals surface area contributed by atoms with Crippen LogP contribution in [0.5, 0.6) is 0 Å². The van der Waals surface area contributed by atoms with E-state index in [1.807, 2.05) is 0 Å². The standard InChI is InChI=1S/C19H22ClN3O5S/c1-13(22)15(11-21)17(24)12-28-19(25)14-6-7-16(20)18(10-14)29(26,27)23-8-4-2-3-5-9-23/h6-7,10H,2-5,8-9,12,22H2,1H3/b15-13-. The van der Waals surface area contributed by atoms with Crippen molar-refractivity contribution >= 4 is 33.4 Å². The predicted molar refractivity (Wildman–Crippen MR) is 106 cm³/mol. The summed E-state index contributed by atoms with van der Waals surface area (Å²) in [5.41, 5.74) is 5.10. The van der Waals surface area contributed by atoms with Crippen molar-refractivity contribution in [1.82, 2.24) is 4.31 Å². The molecule has 1 aliphatic rings. The Morgan fingerprint density at radius 1 is 1.24 bits per heavy atom. The van der Waals surface area contributed by atoms with Gasteiger partial charge >= 0.3 is 5.97 Å². The first kappa shape index (κ1) is 22.9. The maximum absolute atomic E-state index is 13.0. The van der Waals surface area contributed by atoms with E-state index in [0.717, 1.165) is 31.7 Å². The third-order valence-corrected chi connectivity index (χ3v) is 6.85. The molecule has 1 saturated heterocycles. The van der Waals surface area contributed by atoms with Crippen LogP contribution in [0.3, 0.4) is 0 Å². The molecular formula is C19H22ClN3O5S. The molecule has 10 heteroatoms. The van der Waals surface area contributed by atoms with Crippen molar-refractivity contribution in [3.8, 4) is 6.07 Å². The molecule has 1 fully saturated rings. The van der Waals surface area contributed by atoms with Gasteiger partial charge in [-0.3, -0.25) is 4.79 Å².